The Morgan fingerprint density at radius 2 is 2.21 bits per heavy atom. The molecule has 0 saturated heterocycles. The number of aromatic nitrogens is 2. The topological polar surface area (TPSA) is 41.1 Å². The van der Waals surface area contributed by atoms with Crippen LogP contribution in [-0.4, -0.2) is 30.1 Å². The Balaban J connectivity index is 1.97. The quantitative estimate of drug-likeness (QED) is 0.766. The molecule has 0 spiro atoms. The third-order valence-corrected chi connectivity index (χ3v) is 2.28. The van der Waals surface area contributed by atoms with Crippen molar-refractivity contribution in [2.75, 3.05) is 19.0 Å². The molecule has 14 heavy (non-hydrogen) atoms. The second kappa shape index (κ2) is 3.92. The van der Waals surface area contributed by atoms with Crippen molar-refractivity contribution < 1.29 is 0 Å². The largest absolute Gasteiger partial charge is 0.361 e. The molecule has 1 aromatic rings. The average molecular weight is 192 g/mol. The Labute approximate surface area is 84.4 Å². The molecule has 76 valence electrons. The van der Waals surface area contributed by atoms with Crippen molar-refractivity contribution in [1.82, 2.24) is 15.3 Å². The third kappa shape index (κ3) is 2.42. The van der Waals surface area contributed by atoms with Crippen molar-refractivity contribution in [3.8, 4) is 0 Å². The molecule has 0 bridgehead atoms. The zero-order valence-electron chi connectivity index (χ0n) is 8.70. The summed E-state index contributed by atoms with van der Waals surface area (Å²) in [6.45, 7) is 0.833. The van der Waals surface area contributed by atoms with Crippen LogP contribution in [0.1, 0.15) is 18.5 Å². The van der Waals surface area contributed by atoms with E-state index >= 15 is 0 Å². The standard InChI is InChI=1S/C10H16N4/c1-14(2)10-7-11-5-9(13-10)6-12-8-3-4-8/h5,7-8,12H,3-4,6H2,1-2H3. The number of nitrogens with one attached hydrogen (secondary N) is 1. The van der Waals surface area contributed by atoms with Crippen LogP contribution in [-0.2, 0) is 6.54 Å². The minimum Gasteiger partial charge on any atom is -0.361 e. The van der Waals surface area contributed by atoms with Crippen LogP contribution >= 0.6 is 0 Å². The molecule has 0 radical (unpaired) electrons. The fourth-order valence-corrected chi connectivity index (χ4v) is 1.23. The Kier molecular flexibility index (Phi) is 2.63. The SMILES string of the molecule is CN(C)c1cncc(CNC2CC2)n1. The van der Waals surface area contributed by atoms with Crippen molar-refractivity contribution in [2.24, 2.45) is 0 Å². The summed E-state index contributed by atoms with van der Waals surface area (Å²) in [5, 5.41) is 3.42. The number of rotatable bonds is 4. The minimum atomic E-state index is 0.722. The van der Waals surface area contributed by atoms with E-state index in [0.29, 0.717) is 0 Å². The molecule has 1 aliphatic rings. The molecule has 0 aromatic carbocycles. The lowest BCUT2D eigenvalue weighted by atomic mass is 10.4. The van der Waals surface area contributed by atoms with E-state index in [1.807, 2.05) is 25.2 Å². The van der Waals surface area contributed by atoms with Gasteiger partial charge >= 0.3 is 0 Å². The molecule has 4 nitrogen and oxygen atoms in total. The molecule has 1 N–H and O–H groups in total. The van der Waals surface area contributed by atoms with E-state index in [1.54, 1.807) is 6.20 Å². The van der Waals surface area contributed by atoms with E-state index in [2.05, 4.69) is 15.3 Å². The third-order valence-electron chi connectivity index (χ3n) is 2.28. The van der Waals surface area contributed by atoms with Crippen LogP contribution in [0.5, 0.6) is 0 Å². The molecular formula is C10H16N4. The molecule has 0 atom stereocenters. The summed E-state index contributed by atoms with van der Waals surface area (Å²) < 4.78 is 0. The fraction of sp³-hybridized carbons (Fsp3) is 0.600. The maximum absolute atomic E-state index is 4.47. The molecule has 1 saturated carbocycles. The van der Waals surface area contributed by atoms with Gasteiger partial charge in [-0.25, -0.2) is 4.98 Å². The van der Waals surface area contributed by atoms with Gasteiger partial charge in [0.2, 0.25) is 0 Å². The van der Waals surface area contributed by atoms with Gasteiger partial charge in [0.1, 0.15) is 5.82 Å². The second-order valence-electron chi connectivity index (χ2n) is 3.92. The average Bonchev–Trinajstić information content (AvgIpc) is 2.99. The Morgan fingerprint density at radius 3 is 2.86 bits per heavy atom. The highest BCUT2D eigenvalue weighted by atomic mass is 15.1. The van der Waals surface area contributed by atoms with Gasteiger partial charge in [-0.05, 0) is 12.8 Å². The first-order valence-corrected chi connectivity index (χ1v) is 4.97. The summed E-state index contributed by atoms with van der Waals surface area (Å²) in [4.78, 5) is 10.6. The summed E-state index contributed by atoms with van der Waals surface area (Å²) in [6.07, 6.45) is 6.21. The second-order valence-corrected chi connectivity index (χ2v) is 3.92. The van der Waals surface area contributed by atoms with E-state index in [1.165, 1.54) is 12.8 Å². The van der Waals surface area contributed by atoms with Gasteiger partial charge in [0.05, 0.1) is 11.9 Å². The molecule has 4 heteroatoms. The first-order valence-electron chi connectivity index (χ1n) is 4.97. The summed E-state index contributed by atoms with van der Waals surface area (Å²) in [6, 6.07) is 0.722. The van der Waals surface area contributed by atoms with Crippen molar-refractivity contribution in [1.29, 1.82) is 0 Å². The van der Waals surface area contributed by atoms with Gasteiger partial charge in [0.25, 0.3) is 0 Å². The Bertz CT molecular complexity index is 307. The van der Waals surface area contributed by atoms with Gasteiger partial charge in [0.15, 0.2) is 0 Å². The first kappa shape index (κ1) is 9.40. The predicted molar refractivity (Wildman–Crippen MR) is 56.2 cm³/mol. The highest BCUT2D eigenvalue weighted by Crippen LogP contribution is 2.19. The van der Waals surface area contributed by atoms with Crippen LogP contribution in [0, 0.1) is 0 Å². The smallest absolute Gasteiger partial charge is 0.146 e. The maximum Gasteiger partial charge on any atom is 0.146 e. The minimum absolute atomic E-state index is 0.722. The summed E-state index contributed by atoms with van der Waals surface area (Å²) in [5.74, 6) is 0.917. The number of anilines is 1. The van der Waals surface area contributed by atoms with Gasteiger partial charge in [-0.2, -0.15) is 0 Å². The Hall–Kier alpha value is -1.16. The summed E-state index contributed by atoms with van der Waals surface area (Å²) >= 11 is 0. The molecule has 1 aromatic heterocycles. The van der Waals surface area contributed by atoms with Gasteiger partial charge < -0.3 is 10.2 Å². The molecular weight excluding hydrogens is 176 g/mol. The van der Waals surface area contributed by atoms with E-state index < -0.39 is 0 Å². The zero-order chi connectivity index (χ0) is 9.97. The van der Waals surface area contributed by atoms with Crippen LogP contribution in [0.3, 0.4) is 0 Å². The maximum atomic E-state index is 4.47. The monoisotopic (exact) mass is 192 g/mol. The van der Waals surface area contributed by atoms with Gasteiger partial charge in [-0.15, -0.1) is 0 Å². The Morgan fingerprint density at radius 1 is 1.43 bits per heavy atom. The zero-order valence-corrected chi connectivity index (χ0v) is 8.70. The predicted octanol–water partition coefficient (Wildman–Crippen LogP) is 0.795. The summed E-state index contributed by atoms with van der Waals surface area (Å²) in [7, 11) is 3.95. The molecule has 0 aliphatic heterocycles. The van der Waals surface area contributed by atoms with Gasteiger partial charge in [0, 0.05) is 32.9 Å². The molecule has 1 heterocycles. The molecule has 1 fully saturated rings. The lowest BCUT2D eigenvalue weighted by Crippen LogP contribution is -2.18. The molecule has 1 aliphatic carbocycles. The van der Waals surface area contributed by atoms with E-state index in [9.17, 15) is 0 Å². The number of hydrogen-bond acceptors (Lipinski definition) is 4. The first-order chi connectivity index (χ1) is 6.75. The molecule has 0 amide bonds. The van der Waals surface area contributed by atoms with E-state index in [4.69, 9.17) is 0 Å². The van der Waals surface area contributed by atoms with Crippen molar-refractivity contribution >= 4 is 5.82 Å². The van der Waals surface area contributed by atoms with Crippen molar-refractivity contribution in [3.05, 3.63) is 18.1 Å². The fourth-order valence-electron chi connectivity index (χ4n) is 1.23. The molecule has 0 unspecified atom stereocenters. The number of hydrogen-bond donors (Lipinski definition) is 1. The van der Waals surface area contributed by atoms with Crippen molar-refractivity contribution in [2.45, 2.75) is 25.4 Å². The molecule has 2 rings (SSSR count). The van der Waals surface area contributed by atoms with Crippen LogP contribution in [0.25, 0.3) is 0 Å². The normalized spacial score (nSPS) is 15.6. The van der Waals surface area contributed by atoms with Crippen LogP contribution in [0.4, 0.5) is 5.82 Å². The highest BCUT2D eigenvalue weighted by Gasteiger charge is 2.20. The van der Waals surface area contributed by atoms with Crippen LogP contribution in [0.2, 0.25) is 0 Å². The van der Waals surface area contributed by atoms with E-state index in [0.717, 1.165) is 24.1 Å². The van der Waals surface area contributed by atoms with Gasteiger partial charge in [-0.3, -0.25) is 4.98 Å². The van der Waals surface area contributed by atoms with Gasteiger partial charge in [-0.1, -0.05) is 0 Å². The summed E-state index contributed by atoms with van der Waals surface area (Å²) in [5.41, 5.74) is 1.02. The lowest BCUT2D eigenvalue weighted by Gasteiger charge is -2.11. The lowest BCUT2D eigenvalue weighted by molar-refractivity contribution is 0.671. The number of nitrogens with zero attached hydrogens (tertiary/aromatic N) is 3. The van der Waals surface area contributed by atoms with Crippen LogP contribution < -0.4 is 10.2 Å². The van der Waals surface area contributed by atoms with Crippen LogP contribution in [0.15, 0.2) is 12.4 Å². The van der Waals surface area contributed by atoms with Crippen molar-refractivity contribution in [3.63, 3.8) is 0 Å². The highest BCUT2D eigenvalue weighted by molar-refractivity contribution is 5.33. The van der Waals surface area contributed by atoms with E-state index in [-0.39, 0.29) is 0 Å².